The Balaban J connectivity index is 3.03. The lowest BCUT2D eigenvalue weighted by Gasteiger charge is -2.17. The van der Waals surface area contributed by atoms with Gasteiger partial charge in [0, 0.05) is 11.6 Å². The van der Waals surface area contributed by atoms with Crippen molar-refractivity contribution in [3.8, 4) is 5.75 Å². The van der Waals surface area contributed by atoms with E-state index in [-0.39, 0.29) is 6.61 Å². The summed E-state index contributed by atoms with van der Waals surface area (Å²) in [6, 6.07) is 1.02. The number of aliphatic hydroxyl groups excluding tert-OH is 2. The first kappa shape index (κ1) is 14.3. The van der Waals surface area contributed by atoms with Gasteiger partial charge in [-0.05, 0) is 13.0 Å². The third-order valence-electron chi connectivity index (χ3n) is 2.20. The first-order chi connectivity index (χ1) is 8.38. The molecule has 100 valence electrons. The van der Waals surface area contributed by atoms with Crippen molar-refractivity contribution < 1.29 is 33.6 Å². The molecule has 0 aromatic heterocycles. The molecule has 0 amide bonds. The number of aliphatic hydroxyl groups is 2. The minimum Gasteiger partial charge on any atom is -0.505 e. The Hall–Kier alpha value is -1.73. The Labute approximate surface area is 101 Å². The molecule has 1 rings (SSSR count). The van der Waals surface area contributed by atoms with E-state index in [9.17, 15) is 28.9 Å². The molecule has 0 aliphatic heterocycles. The van der Waals surface area contributed by atoms with Crippen LogP contribution in [-0.4, -0.2) is 34.0 Å². The van der Waals surface area contributed by atoms with E-state index in [0.717, 1.165) is 0 Å². The molecule has 5 nitrogen and oxygen atoms in total. The Morgan fingerprint density at radius 3 is 2.56 bits per heavy atom. The number of ether oxygens (including phenoxy) is 1. The summed E-state index contributed by atoms with van der Waals surface area (Å²) >= 11 is 0. The van der Waals surface area contributed by atoms with Gasteiger partial charge < -0.3 is 20.1 Å². The monoisotopic (exact) mass is 262 g/mol. The summed E-state index contributed by atoms with van der Waals surface area (Å²) in [5.74, 6) is -4.56. The van der Waals surface area contributed by atoms with Crippen LogP contribution in [0.5, 0.6) is 5.75 Å². The van der Waals surface area contributed by atoms with E-state index in [2.05, 4.69) is 4.74 Å². The fraction of sp³-hybridized carbons (Fsp3) is 0.364. The molecule has 0 spiro atoms. The predicted molar refractivity (Wildman–Crippen MR) is 55.6 cm³/mol. The molecule has 1 aromatic rings. The van der Waals surface area contributed by atoms with Crippen LogP contribution >= 0.6 is 0 Å². The molecule has 0 fully saturated rings. The maximum Gasteiger partial charge on any atom is 0.338 e. The number of halogens is 2. The molecule has 0 saturated carbocycles. The zero-order valence-electron chi connectivity index (χ0n) is 9.43. The van der Waals surface area contributed by atoms with E-state index in [1.807, 2.05) is 0 Å². The molecule has 0 aliphatic rings. The van der Waals surface area contributed by atoms with Gasteiger partial charge in [-0.2, -0.15) is 0 Å². The quantitative estimate of drug-likeness (QED) is 0.693. The smallest absolute Gasteiger partial charge is 0.338 e. The zero-order chi connectivity index (χ0) is 13.9. The number of carbonyl (C=O) groups is 1. The summed E-state index contributed by atoms with van der Waals surface area (Å²) in [4.78, 5) is 11.1. The van der Waals surface area contributed by atoms with Gasteiger partial charge in [-0.1, -0.05) is 0 Å². The Morgan fingerprint density at radius 1 is 1.39 bits per heavy atom. The number of aromatic hydroxyl groups is 1. The normalized spacial score (nSPS) is 14.1. The fourth-order valence-corrected chi connectivity index (χ4v) is 1.34. The zero-order valence-corrected chi connectivity index (χ0v) is 9.43. The molecule has 0 radical (unpaired) electrons. The molecule has 3 N–H and O–H groups in total. The molecule has 1 aromatic carbocycles. The van der Waals surface area contributed by atoms with Crippen LogP contribution in [0.1, 0.15) is 18.6 Å². The van der Waals surface area contributed by atoms with Crippen molar-refractivity contribution in [2.75, 3.05) is 6.61 Å². The summed E-state index contributed by atoms with van der Waals surface area (Å²) in [7, 11) is 0. The number of phenolic OH excluding ortho intramolecular Hbond substituents is 1. The molecule has 0 bridgehead atoms. The van der Waals surface area contributed by atoms with Gasteiger partial charge in [-0.25, -0.2) is 13.6 Å². The number of benzene rings is 1. The molecule has 0 heterocycles. The first-order valence-electron chi connectivity index (χ1n) is 5.09. The van der Waals surface area contributed by atoms with Crippen molar-refractivity contribution in [2.45, 2.75) is 19.1 Å². The molecule has 18 heavy (non-hydrogen) atoms. The molecule has 2 atom stereocenters. The molecule has 2 unspecified atom stereocenters. The summed E-state index contributed by atoms with van der Waals surface area (Å²) < 4.78 is 30.4. The van der Waals surface area contributed by atoms with Gasteiger partial charge in [0.05, 0.1) is 6.61 Å². The van der Waals surface area contributed by atoms with E-state index >= 15 is 0 Å². The maximum atomic E-state index is 13.0. The Morgan fingerprint density at radius 2 is 2.00 bits per heavy atom. The van der Waals surface area contributed by atoms with E-state index in [0.29, 0.717) is 12.1 Å². The van der Waals surface area contributed by atoms with Crippen molar-refractivity contribution in [3.05, 3.63) is 29.3 Å². The molecular formula is C11H12F2O5. The lowest BCUT2D eigenvalue weighted by Crippen LogP contribution is -2.30. The second-order valence-electron chi connectivity index (χ2n) is 3.47. The summed E-state index contributed by atoms with van der Waals surface area (Å²) in [5, 5.41) is 28.3. The molecule has 0 saturated heterocycles. The molecule has 7 heteroatoms. The van der Waals surface area contributed by atoms with Crippen molar-refractivity contribution in [3.63, 3.8) is 0 Å². The number of hydrogen-bond acceptors (Lipinski definition) is 5. The van der Waals surface area contributed by atoms with Gasteiger partial charge in [-0.15, -0.1) is 0 Å². The van der Waals surface area contributed by atoms with Crippen LogP contribution in [-0.2, 0) is 9.53 Å². The third kappa shape index (κ3) is 2.93. The second-order valence-corrected chi connectivity index (χ2v) is 3.47. The number of esters is 1. The van der Waals surface area contributed by atoms with Gasteiger partial charge in [-0.3, -0.25) is 0 Å². The van der Waals surface area contributed by atoms with Crippen molar-refractivity contribution in [1.82, 2.24) is 0 Å². The largest absolute Gasteiger partial charge is 0.505 e. The van der Waals surface area contributed by atoms with E-state index < -0.39 is 41.1 Å². The van der Waals surface area contributed by atoms with E-state index in [4.69, 9.17) is 0 Å². The number of phenols is 1. The molecular weight excluding hydrogens is 250 g/mol. The number of carbonyl (C=O) groups excluding carboxylic acids is 1. The highest BCUT2D eigenvalue weighted by Crippen LogP contribution is 2.30. The summed E-state index contributed by atoms with van der Waals surface area (Å²) in [6.07, 6.45) is -4.04. The average Bonchev–Trinajstić information content (AvgIpc) is 2.32. The highest BCUT2D eigenvalue weighted by Gasteiger charge is 2.30. The lowest BCUT2D eigenvalue weighted by molar-refractivity contribution is -0.159. The fourth-order valence-electron chi connectivity index (χ4n) is 1.34. The number of hydrogen-bond donors (Lipinski definition) is 3. The minimum absolute atomic E-state index is 0.0356. The van der Waals surface area contributed by atoms with Crippen molar-refractivity contribution in [2.24, 2.45) is 0 Å². The van der Waals surface area contributed by atoms with Crippen LogP contribution in [0.25, 0.3) is 0 Å². The Bertz CT molecular complexity index is 449. The first-order valence-corrected chi connectivity index (χ1v) is 5.09. The summed E-state index contributed by atoms with van der Waals surface area (Å²) in [6.45, 7) is 1.45. The predicted octanol–water partition coefficient (Wildman–Crippen LogP) is 0.628. The number of rotatable bonds is 4. The van der Waals surface area contributed by atoms with Crippen molar-refractivity contribution >= 4 is 5.97 Å². The SMILES string of the molecule is CCOC(=O)C(O)C(O)c1cc(F)cc(F)c1O. The maximum absolute atomic E-state index is 13.0. The summed E-state index contributed by atoms with van der Waals surface area (Å²) in [5.41, 5.74) is -0.631. The highest BCUT2D eigenvalue weighted by atomic mass is 19.1. The van der Waals surface area contributed by atoms with Crippen LogP contribution < -0.4 is 0 Å². The van der Waals surface area contributed by atoms with Gasteiger partial charge in [0.15, 0.2) is 17.7 Å². The van der Waals surface area contributed by atoms with Crippen LogP contribution in [0.4, 0.5) is 8.78 Å². The van der Waals surface area contributed by atoms with E-state index in [1.165, 1.54) is 6.92 Å². The van der Waals surface area contributed by atoms with Gasteiger partial charge in [0.25, 0.3) is 0 Å². The van der Waals surface area contributed by atoms with Crippen LogP contribution in [0.2, 0.25) is 0 Å². The topological polar surface area (TPSA) is 87.0 Å². The molecule has 0 aliphatic carbocycles. The van der Waals surface area contributed by atoms with Crippen LogP contribution in [0.3, 0.4) is 0 Å². The van der Waals surface area contributed by atoms with Gasteiger partial charge >= 0.3 is 5.97 Å². The average molecular weight is 262 g/mol. The van der Waals surface area contributed by atoms with E-state index in [1.54, 1.807) is 0 Å². The van der Waals surface area contributed by atoms with Crippen LogP contribution in [0.15, 0.2) is 12.1 Å². The van der Waals surface area contributed by atoms with Crippen LogP contribution in [0, 0.1) is 11.6 Å². The van der Waals surface area contributed by atoms with Gasteiger partial charge in [0.2, 0.25) is 0 Å². The standard InChI is InChI=1S/C11H12F2O5/c1-2-18-11(17)10(16)9(15)6-3-5(12)4-7(13)8(6)14/h3-4,9-10,14-16H,2H2,1H3. The van der Waals surface area contributed by atoms with Crippen molar-refractivity contribution in [1.29, 1.82) is 0 Å². The van der Waals surface area contributed by atoms with Gasteiger partial charge in [0.1, 0.15) is 11.9 Å². The lowest BCUT2D eigenvalue weighted by atomic mass is 10.0. The Kier molecular flexibility index (Phi) is 4.57. The minimum atomic E-state index is -2.04. The highest BCUT2D eigenvalue weighted by molar-refractivity contribution is 5.75. The third-order valence-corrected chi connectivity index (χ3v) is 2.20. The second kappa shape index (κ2) is 5.74.